The van der Waals surface area contributed by atoms with Crippen molar-refractivity contribution < 1.29 is 0 Å². The van der Waals surface area contributed by atoms with Gasteiger partial charge < -0.3 is 4.57 Å². The predicted molar refractivity (Wildman–Crippen MR) is 123 cm³/mol. The zero-order valence-electron chi connectivity index (χ0n) is 15.9. The molecule has 0 fully saturated rings. The monoisotopic (exact) mass is 377 g/mol. The number of benzene rings is 4. The standard InChI is InChI=1S/C26H19NS/c1-16-9-11-21-23(14-16)27(18-6-4-3-5-7-18)22-13-12-20-19-10-8-17(2)15-24(19)28-26(20)25(21)22/h3-15H,1-2H3. The van der Waals surface area contributed by atoms with Crippen molar-refractivity contribution in [1.29, 1.82) is 0 Å². The van der Waals surface area contributed by atoms with Gasteiger partial charge in [0.05, 0.1) is 11.0 Å². The van der Waals surface area contributed by atoms with Crippen molar-refractivity contribution in [2.45, 2.75) is 13.8 Å². The van der Waals surface area contributed by atoms with Crippen LogP contribution in [0.2, 0.25) is 0 Å². The van der Waals surface area contributed by atoms with Gasteiger partial charge in [-0.05, 0) is 55.3 Å². The molecule has 0 unspecified atom stereocenters. The molecule has 0 bridgehead atoms. The first-order chi connectivity index (χ1) is 13.7. The highest BCUT2D eigenvalue weighted by Crippen LogP contribution is 2.43. The van der Waals surface area contributed by atoms with E-state index in [2.05, 4.69) is 97.3 Å². The minimum absolute atomic E-state index is 1.21. The van der Waals surface area contributed by atoms with E-state index in [1.165, 1.54) is 58.8 Å². The highest BCUT2D eigenvalue weighted by molar-refractivity contribution is 7.26. The zero-order chi connectivity index (χ0) is 18.8. The molecule has 0 radical (unpaired) electrons. The third-order valence-corrected chi connectivity index (χ3v) is 6.88. The normalized spacial score (nSPS) is 11.9. The van der Waals surface area contributed by atoms with Crippen molar-refractivity contribution in [2.24, 2.45) is 0 Å². The third-order valence-electron chi connectivity index (χ3n) is 5.69. The number of para-hydroxylation sites is 1. The van der Waals surface area contributed by atoms with Crippen LogP contribution < -0.4 is 0 Å². The fraction of sp³-hybridized carbons (Fsp3) is 0.0769. The van der Waals surface area contributed by atoms with Gasteiger partial charge in [-0.3, -0.25) is 0 Å². The van der Waals surface area contributed by atoms with Gasteiger partial charge in [-0.25, -0.2) is 0 Å². The van der Waals surface area contributed by atoms with Gasteiger partial charge in [-0.2, -0.15) is 0 Å². The van der Waals surface area contributed by atoms with Gasteiger partial charge in [0, 0.05) is 36.6 Å². The maximum atomic E-state index is 2.41. The first-order valence-electron chi connectivity index (χ1n) is 9.63. The molecule has 2 aromatic heterocycles. The van der Waals surface area contributed by atoms with Gasteiger partial charge in [0.25, 0.3) is 0 Å². The molecular weight excluding hydrogens is 358 g/mol. The molecule has 0 spiro atoms. The first-order valence-corrected chi connectivity index (χ1v) is 10.4. The summed E-state index contributed by atoms with van der Waals surface area (Å²) in [7, 11) is 0. The molecule has 6 rings (SSSR count). The Kier molecular flexibility index (Phi) is 3.24. The van der Waals surface area contributed by atoms with Crippen LogP contribution in [0, 0.1) is 13.8 Å². The molecule has 0 atom stereocenters. The lowest BCUT2D eigenvalue weighted by Crippen LogP contribution is -1.93. The lowest BCUT2D eigenvalue weighted by atomic mass is 10.1. The highest BCUT2D eigenvalue weighted by Gasteiger charge is 2.17. The lowest BCUT2D eigenvalue weighted by Gasteiger charge is -2.07. The first kappa shape index (κ1) is 15.9. The fourth-order valence-corrected chi connectivity index (χ4v) is 5.76. The van der Waals surface area contributed by atoms with Crippen molar-refractivity contribution >= 4 is 53.3 Å². The summed E-state index contributed by atoms with van der Waals surface area (Å²) in [5.41, 5.74) is 6.38. The number of aryl methyl sites for hydroxylation is 2. The molecule has 2 heterocycles. The molecule has 4 aromatic carbocycles. The predicted octanol–water partition coefficient (Wildman–Crippen LogP) is 7.77. The highest BCUT2D eigenvalue weighted by atomic mass is 32.1. The summed E-state index contributed by atoms with van der Waals surface area (Å²) in [6.07, 6.45) is 0. The smallest absolute Gasteiger partial charge is 0.0555 e. The van der Waals surface area contributed by atoms with Gasteiger partial charge in [0.15, 0.2) is 0 Å². The molecule has 1 nitrogen and oxygen atoms in total. The summed E-state index contributed by atoms with van der Waals surface area (Å²) in [6, 6.07) is 28.9. The molecule has 0 aliphatic rings. The summed E-state index contributed by atoms with van der Waals surface area (Å²) < 4.78 is 5.17. The van der Waals surface area contributed by atoms with Crippen LogP contribution in [0.1, 0.15) is 11.1 Å². The average Bonchev–Trinajstić information content (AvgIpc) is 3.22. The van der Waals surface area contributed by atoms with E-state index in [1.54, 1.807) is 0 Å². The van der Waals surface area contributed by atoms with Crippen molar-refractivity contribution in [3.8, 4) is 5.69 Å². The average molecular weight is 378 g/mol. The number of rotatable bonds is 1. The van der Waals surface area contributed by atoms with Crippen LogP contribution in [0.25, 0.3) is 47.7 Å². The van der Waals surface area contributed by atoms with Crippen molar-refractivity contribution in [3.63, 3.8) is 0 Å². The Hall–Kier alpha value is -3.10. The Bertz CT molecular complexity index is 1520. The SMILES string of the molecule is Cc1ccc2c(c1)sc1c2ccc2c1c1ccc(C)cc1n2-c1ccccc1. The fourth-order valence-electron chi connectivity index (χ4n) is 4.41. The Labute approximate surface area is 167 Å². The zero-order valence-corrected chi connectivity index (χ0v) is 16.7. The summed E-state index contributed by atoms with van der Waals surface area (Å²) in [6.45, 7) is 4.34. The summed E-state index contributed by atoms with van der Waals surface area (Å²) in [5, 5.41) is 5.42. The molecule has 134 valence electrons. The molecule has 28 heavy (non-hydrogen) atoms. The van der Waals surface area contributed by atoms with E-state index in [-0.39, 0.29) is 0 Å². The maximum Gasteiger partial charge on any atom is 0.0555 e. The quantitative estimate of drug-likeness (QED) is 0.276. The third kappa shape index (κ3) is 2.12. The Morgan fingerprint density at radius 2 is 1.36 bits per heavy atom. The lowest BCUT2D eigenvalue weighted by molar-refractivity contribution is 1.18. The van der Waals surface area contributed by atoms with Gasteiger partial charge in [0.2, 0.25) is 0 Å². The van der Waals surface area contributed by atoms with E-state index >= 15 is 0 Å². The number of aromatic nitrogens is 1. The van der Waals surface area contributed by atoms with Crippen LogP contribution >= 0.6 is 11.3 Å². The van der Waals surface area contributed by atoms with Crippen molar-refractivity contribution in [1.82, 2.24) is 4.57 Å². The molecule has 2 heteroatoms. The van der Waals surface area contributed by atoms with E-state index in [9.17, 15) is 0 Å². The van der Waals surface area contributed by atoms with Crippen LogP contribution in [0.15, 0.2) is 78.9 Å². The molecule has 0 saturated carbocycles. The molecule has 0 aliphatic carbocycles. The molecule has 0 N–H and O–H groups in total. The number of fused-ring (bicyclic) bond motifs is 7. The van der Waals surface area contributed by atoms with E-state index in [0.29, 0.717) is 0 Å². The van der Waals surface area contributed by atoms with Crippen LogP contribution in [-0.4, -0.2) is 4.57 Å². The van der Waals surface area contributed by atoms with E-state index in [1.807, 2.05) is 11.3 Å². The molecule has 0 amide bonds. The van der Waals surface area contributed by atoms with E-state index in [0.717, 1.165) is 0 Å². The van der Waals surface area contributed by atoms with Crippen LogP contribution in [0.4, 0.5) is 0 Å². The summed E-state index contributed by atoms with van der Waals surface area (Å²) in [5.74, 6) is 0. The maximum absolute atomic E-state index is 2.41. The Morgan fingerprint density at radius 3 is 2.18 bits per heavy atom. The summed E-state index contributed by atoms with van der Waals surface area (Å²) >= 11 is 1.92. The number of hydrogen-bond acceptors (Lipinski definition) is 1. The van der Waals surface area contributed by atoms with Gasteiger partial charge in [-0.1, -0.05) is 48.5 Å². The minimum Gasteiger partial charge on any atom is -0.309 e. The minimum atomic E-state index is 1.21. The largest absolute Gasteiger partial charge is 0.309 e. The van der Waals surface area contributed by atoms with Crippen molar-refractivity contribution in [3.05, 3.63) is 90.0 Å². The molecular formula is C26H19NS. The molecule has 0 aliphatic heterocycles. The van der Waals surface area contributed by atoms with Crippen LogP contribution in [0.5, 0.6) is 0 Å². The van der Waals surface area contributed by atoms with Crippen molar-refractivity contribution in [2.75, 3.05) is 0 Å². The number of thiophene rings is 1. The van der Waals surface area contributed by atoms with Crippen LogP contribution in [0.3, 0.4) is 0 Å². The van der Waals surface area contributed by atoms with E-state index < -0.39 is 0 Å². The second-order valence-corrected chi connectivity index (χ2v) is 8.68. The molecule has 6 aromatic rings. The Morgan fingerprint density at radius 1 is 0.643 bits per heavy atom. The van der Waals surface area contributed by atoms with E-state index in [4.69, 9.17) is 0 Å². The van der Waals surface area contributed by atoms with Gasteiger partial charge >= 0.3 is 0 Å². The number of hydrogen-bond donors (Lipinski definition) is 0. The second-order valence-electron chi connectivity index (χ2n) is 7.63. The number of nitrogens with zero attached hydrogens (tertiary/aromatic N) is 1. The second kappa shape index (κ2) is 5.70. The van der Waals surface area contributed by atoms with Gasteiger partial charge in [-0.15, -0.1) is 11.3 Å². The summed E-state index contributed by atoms with van der Waals surface area (Å²) in [4.78, 5) is 0. The topological polar surface area (TPSA) is 4.93 Å². The molecule has 0 saturated heterocycles. The Balaban J connectivity index is 1.87. The van der Waals surface area contributed by atoms with Crippen LogP contribution in [-0.2, 0) is 0 Å². The van der Waals surface area contributed by atoms with Gasteiger partial charge in [0.1, 0.15) is 0 Å².